The maximum Gasteiger partial charge on any atom is 0.407 e. The van der Waals surface area contributed by atoms with Gasteiger partial charge < -0.3 is 10.7 Å². The van der Waals surface area contributed by atoms with Gasteiger partial charge in [0.1, 0.15) is 12.6 Å². The minimum absolute atomic E-state index is 0.707. The van der Waals surface area contributed by atoms with Crippen LogP contribution in [0.4, 0.5) is 13.2 Å². The molecule has 0 saturated heterocycles. The van der Waals surface area contributed by atoms with Gasteiger partial charge >= 0.3 is 6.18 Å². The van der Waals surface area contributed by atoms with E-state index in [1.54, 1.807) is 0 Å². The van der Waals surface area contributed by atoms with Gasteiger partial charge in [0.15, 0.2) is 0 Å². The van der Waals surface area contributed by atoms with Crippen molar-refractivity contribution < 1.29 is 18.0 Å². The Morgan fingerprint density at radius 2 is 2.23 bits per heavy atom. The van der Waals surface area contributed by atoms with E-state index in [2.05, 4.69) is 5.43 Å². The maximum absolute atomic E-state index is 11.8. The smallest absolute Gasteiger partial charge is 0.368 e. The van der Waals surface area contributed by atoms with Crippen LogP contribution in [0.3, 0.4) is 0 Å². The van der Waals surface area contributed by atoms with Crippen molar-refractivity contribution in [3.05, 3.63) is 12.3 Å². The number of hydrogen-bond donors (Lipinski definition) is 2. The standard InChI is InChI=1S/C6H8F3N3O/c7-6(8,9)3-12-2-1-4(11-12)5(10)13/h1-2,4,11H,3H2,(H2,10,13). The molecule has 0 saturated carbocycles. The van der Waals surface area contributed by atoms with E-state index in [-0.39, 0.29) is 0 Å². The number of alkyl halides is 3. The van der Waals surface area contributed by atoms with E-state index in [1.165, 1.54) is 6.08 Å². The van der Waals surface area contributed by atoms with Gasteiger partial charge in [-0.15, -0.1) is 0 Å². The van der Waals surface area contributed by atoms with Crippen molar-refractivity contribution in [2.75, 3.05) is 6.54 Å². The van der Waals surface area contributed by atoms with Crippen LogP contribution in [0.25, 0.3) is 0 Å². The van der Waals surface area contributed by atoms with Crippen molar-refractivity contribution in [3.63, 3.8) is 0 Å². The highest BCUT2D eigenvalue weighted by atomic mass is 19.4. The van der Waals surface area contributed by atoms with E-state index in [1.807, 2.05) is 0 Å². The fourth-order valence-corrected chi connectivity index (χ4v) is 0.905. The number of amides is 1. The maximum atomic E-state index is 11.8. The van der Waals surface area contributed by atoms with Crippen molar-refractivity contribution >= 4 is 5.91 Å². The molecule has 1 aliphatic heterocycles. The lowest BCUT2D eigenvalue weighted by atomic mass is 10.3. The van der Waals surface area contributed by atoms with Crippen LogP contribution in [0, 0.1) is 0 Å². The van der Waals surface area contributed by atoms with E-state index in [0.29, 0.717) is 0 Å². The van der Waals surface area contributed by atoms with Gasteiger partial charge in [-0.05, 0) is 6.08 Å². The summed E-state index contributed by atoms with van der Waals surface area (Å²) in [6.45, 7) is -1.15. The second kappa shape index (κ2) is 3.25. The number of primary amides is 1. The van der Waals surface area contributed by atoms with E-state index >= 15 is 0 Å². The molecule has 0 aromatic heterocycles. The fourth-order valence-electron chi connectivity index (χ4n) is 0.905. The average molecular weight is 195 g/mol. The van der Waals surface area contributed by atoms with E-state index in [4.69, 9.17) is 5.73 Å². The Balaban J connectivity index is 2.44. The number of carbonyl (C=O) groups is 1. The van der Waals surface area contributed by atoms with Gasteiger partial charge in [0, 0.05) is 6.20 Å². The molecule has 1 rings (SSSR count). The number of carbonyl (C=O) groups excluding carboxylic acids is 1. The largest absolute Gasteiger partial charge is 0.407 e. The molecular formula is C6H8F3N3O. The van der Waals surface area contributed by atoms with Gasteiger partial charge in [0.2, 0.25) is 5.91 Å². The highest BCUT2D eigenvalue weighted by molar-refractivity contribution is 5.82. The molecule has 3 N–H and O–H groups in total. The Labute approximate surface area is 72.1 Å². The number of nitrogens with two attached hydrogens (primary N) is 1. The molecule has 74 valence electrons. The van der Waals surface area contributed by atoms with Crippen molar-refractivity contribution in [2.45, 2.75) is 12.2 Å². The van der Waals surface area contributed by atoms with E-state index in [0.717, 1.165) is 11.2 Å². The van der Waals surface area contributed by atoms with Gasteiger partial charge in [-0.3, -0.25) is 4.79 Å². The van der Waals surface area contributed by atoms with Crippen LogP contribution in [0.5, 0.6) is 0 Å². The highest BCUT2D eigenvalue weighted by Crippen LogP contribution is 2.17. The minimum atomic E-state index is -4.30. The van der Waals surface area contributed by atoms with Gasteiger partial charge in [0.25, 0.3) is 0 Å². The Morgan fingerprint density at radius 3 is 2.62 bits per heavy atom. The Kier molecular flexibility index (Phi) is 2.46. The third-order valence-electron chi connectivity index (χ3n) is 1.42. The Bertz CT molecular complexity index is 238. The predicted octanol–water partition coefficient (Wildman–Crippen LogP) is -0.264. The SMILES string of the molecule is NC(=O)C1C=CN(CC(F)(F)F)N1. The normalized spacial score (nSPS) is 22.4. The van der Waals surface area contributed by atoms with Gasteiger partial charge in [-0.2, -0.15) is 13.2 Å². The lowest BCUT2D eigenvalue weighted by molar-refractivity contribution is -0.146. The molecule has 1 unspecified atom stereocenters. The monoisotopic (exact) mass is 195 g/mol. The molecule has 7 heteroatoms. The lowest BCUT2D eigenvalue weighted by Gasteiger charge is -2.19. The van der Waals surface area contributed by atoms with Crippen LogP contribution in [0.1, 0.15) is 0 Å². The molecule has 1 amide bonds. The zero-order valence-corrected chi connectivity index (χ0v) is 6.51. The number of nitrogens with zero attached hydrogens (tertiary/aromatic N) is 1. The Morgan fingerprint density at radius 1 is 1.62 bits per heavy atom. The molecule has 1 atom stereocenters. The second-order valence-corrected chi connectivity index (χ2v) is 2.59. The van der Waals surface area contributed by atoms with Crippen molar-refractivity contribution in [1.82, 2.24) is 10.4 Å². The number of nitrogens with one attached hydrogen (secondary N) is 1. The molecule has 4 nitrogen and oxygen atoms in total. The van der Waals surface area contributed by atoms with E-state index in [9.17, 15) is 18.0 Å². The molecule has 0 spiro atoms. The van der Waals surface area contributed by atoms with Crippen LogP contribution in [-0.4, -0.2) is 29.7 Å². The molecule has 0 aromatic carbocycles. The highest BCUT2D eigenvalue weighted by Gasteiger charge is 2.32. The van der Waals surface area contributed by atoms with Gasteiger partial charge in [-0.1, -0.05) is 0 Å². The van der Waals surface area contributed by atoms with Crippen molar-refractivity contribution in [2.24, 2.45) is 5.73 Å². The summed E-state index contributed by atoms with van der Waals surface area (Å²) in [6, 6.07) is -0.845. The first kappa shape index (κ1) is 9.85. The summed E-state index contributed by atoms with van der Waals surface area (Å²) in [5, 5.41) is 0.773. The second-order valence-electron chi connectivity index (χ2n) is 2.59. The number of hydrogen-bond acceptors (Lipinski definition) is 3. The molecule has 0 fully saturated rings. The summed E-state index contributed by atoms with van der Waals surface area (Å²) in [5.74, 6) is -0.707. The summed E-state index contributed by atoms with van der Waals surface area (Å²) in [5.41, 5.74) is 7.14. The van der Waals surface area contributed by atoms with Gasteiger partial charge in [0.05, 0.1) is 0 Å². The predicted molar refractivity (Wildman–Crippen MR) is 38.0 cm³/mol. The lowest BCUT2D eigenvalue weighted by Crippen LogP contribution is -2.45. The van der Waals surface area contributed by atoms with Crippen LogP contribution in [-0.2, 0) is 4.79 Å². The molecule has 0 aromatic rings. The summed E-state index contributed by atoms with van der Waals surface area (Å²) in [4.78, 5) is 10.5. The summed E-state index contributed by atoms with van der Waals surface area (Å²) in [6.07, 6.45) is -1.89. The third kappa shape index (κ3) is 2.94. The molecule has 13 heavy (non-hydrogen) atoms. The summed E-state index contributed by atoms with van der Waals surface area (Å²) < 4.78 is 35.4. The van der Waals surface area contributed by atoms with Crippen LogP contribution < -0.4 is 11.2 Å². The molecule has 0 bridgehead atoms. The molecule has 1 heterocycles. The first-order valence-corrected chi connectivity index (χ1v) is 3.46. The van der Waals surface area contributed by atoms with Gasteiger partial charge in [-0.25, -0.2) is 5.43 Å². The third-order valence-corrected chi connectivity index (χ3v) is 1.42. The average Bonchev–Trinajstić information content (AvgIpc) is 2.31. The minimum Gasteiger partial charge on any atom is -0.368 e. The fraction of sp³-hybridized carbons (Fsp3) is 0.500. The summed E-state index contributed by atoms with van der Waals surface area (Å²) in [7, 11) is 0. The van der Waals surface area contributed by atoms with Crippen LogP contribution >= 0.6 is 0 Å². The summed E-state index contributed by atoms with van der Waals surface area (Å²) >= 11 is 0. The van der Waals surface area contributed by atoms with Crippen LogP contribution in [0.2, 0.25) is 0 Å². The Hall–Kier alpha value is -1.24. The number of rotatable bonds is 2. The zero-order chi connectivity index (χ0) is 10.1. The molecule has 0 aliphatic carbocycles. The molecule has 1 aliphatic rings. The topological polar surface area (TPSA) is 58.4 Å². The van der Waals surface area contributed by atoms with Crippen molar-refractivity contribution in [3.8, 4) is 0 Å². The number of halogens is 3. The quantitative estimate of drug-likeness (QED) is 0.638. The van der Waals surface area contributed by atoms with E-state index < -0.39 is 24.7 Å². The first-order chi connectivity index (χ1) is 5.88. The van der Waals surface area contributed by atoms with Crippen LogP contribution in [0.15, 0.2) is 12.3 Å². The molecular weight excluding hydrogens is 187 g/mol. The van der Waals surface area contributed by atoms with Crippen molar-refractivity contribution in [1.29, 1.82) is 0 Å². The number of hydrazine groups is 1. The first-order valence-electron chi connectivity index (χ1n) is 3.46. The molecule has 0 radical (unpaired) electrons. The zero-order valence-electron chi connectivity index (χ0n) is 6.51.